The number of halogens is 2. The predicted molar refractivity (Wildman–Crippen MR) is 80.8 cm³/mol. The van der Waals surface area contributed by atoms with Crippen LogP contribution in [0.4, 0.5) is 4.39 Å². The highest BCUT2D eigenvalue weighted by molar-refractivity contribution is 6.30. The third-order valence-corrected chi connectivity index (χ3v) is 4.37. The van der Waals surface area contributed by atoms with Crippen molar-refractivity contribution in [3.8, 4) is 0 Å². The van der Waals surface area contributed by atoms with Gasteiger partial charge in [-0.05, 0) is 42.1 Å². The molecule has 1 heterocycles. The smallest absolute Gasteiger partial charge is 0.141 e. The summed E-state index contributed by atoms with van der Waals surface area (Å²) in [5, 5.41) is 3.67. The molecule has 2 aromatic carbocycles. The molecule has 0 saturated carbocycles. The van der Waals surface area contributed by atoms with E-state index in [0.717, 1.165) is 25.1 Å². The first-order chi connectivity index (χ1) is 9.75. The van der Waals surface area contributed by atoms with Crippen molar-refractivity contribution in [1.82, 2.24) is 5.32 Å². The maximum Gasteiger partial charge on any atom is 0.141 e. The van der Waals surface area contributed by atoms with Crippen LogP contribution in [-0.4, -0.2) is 13.1 Å². The lowest BCUT2D eigenvalue weighted by Gasteiger charge is -2.33. The summed E-state index contributed by atoms with van der Waals surface area (Å²) in [5.41, 5.74) is 2.46. The zero-order chi connectivity index (χ0) is 13.9. The monoisotopic (exact) mass is 289 g/mol. The van der Waals surface area contributed by atoms with Gasteiger partial charge >= 0.3 is 0 Å². The summed E-state index contributed by atoms with van der Waals surface area (Å²) in [6.45, 7) is 1.94. The Balaban J connectivity index is 1.94. The van der Waals surface area contributed by atoms with Gasteiger partial charge in [0.2, 0.25) is 0 Å². The summed E-state index contributed by atoms with van der Waals surface area (Å²) in [4.78, 5) is 0. The van der Waals surface area contributed by atoms with Gasteiger partial charge in [-0.2, -0.15) is 0 Å². The van der Waals surface area contributed by atoms with E-state index in [1.165, 1.54) is 11.6 Å². The topological polar surface area (TPSA) is 12.0 Å². The molecule has 3 heteroatoms. The van der Waals surface area contributed by atoms with Crippen molar-refractivity contribution in [3.63, 3.8) is 0 Å². The van der Waals surface area contributed by atoms with Gasteiger partial charge in [0.25, 0.3) is 0 Å². The molecule has 3 rings (SSSR count). The summed E-state index contributed by atoms with van der Waals surface area (Å²) < 4.78 is 13.3. The average molecular weight is 290 g/mol. The quantitative estimate of drug-likeness (QED) is 0.867. The van der Waals surface area contributed by atoms with Crippen molar-refractivity contribution in [3.05, 3.63) is 70.5 Å². The van der Waals surface area contributed by atoms with E-state index >= 15 is 0 Å². The Bertz CT molecular complexity index is 585. The van der Waals surface area contributed by atoms with E-state index in [-0.39, 0.29) is 10.8 Å². The fourth-order valence-corrected chi connectivity index (χ4v) is 3.24. The molecule has 0 aliphatic carbocycles. The Morgan fingerprint density at radius 3 is 2.55 bits per heavy atom. The Morgan fingerprint density at radius 2 is 1.80 bits per heavy atom. The fourth-order valence-electron chi connectivity index (χ4n) is 3.05. The highest BCUT2D eigenvalue weighted by Crippen LogP contribution is 2.38. The Hall–Kier alpha value is -1.38. The lowest BCUT2D eigenvalue weighted by Crippen LogP contribution is -2.34. The van der Waals surface area contributed by atoms with Crippen LogP contribution < -0.4 is 5.32 Å². The first kappa shape index (κ1) is 13.6. The van der Waals surface area contributed by atoms with Crippen molar-refractivity contribution in [2.75, 3.05) is 13.1 Å². The van der Waals surface area contributed by atoms with Crippen molar-refractivity contribution < 1.29 is 4.39 Å². The molecule has 2 unspecified atom stereocenters. The molecule has 0 aromatic heterocycles. The Morgan fingerprint density at radius 1 is 1.00 bits per heavy atom. The van der Waals surface area contributed by atoms with Crippen LogP contribution in [0.15, 0.2) is 48.5 Å². The summed E-state index contributed by atoms with van der Waals surface area (Å²) in [7, 11) is 0. The van der Waals surface area contributed by atoms with Crippen LogP contribution >= 0.6 is 11.6 Å². The number of nitrogens with one attached hydrogen (secondary N) is 1. The molecule has 1 nitrogen and oxygen atoms in total. The second-order valence-electron chi connectivity index (χ2n) is 5.29. The van der Waals surface area contributed by atoms with E-state index in [4.69, 9.17) is 11.6 Å². The van der Waals surface area contributed by atoms with Crippen LogP contribution in [0.2, 0.25) is 5.02 Å². The van der Waals surface area contributed by atoms with E-state index in [2.05, 4.69) is 29.6 Å². The van der Waals surface area contributed by atoms with Crippen molar-refractivity contribution >= 4 is 11.6 Å². The second-order valence-corrected chi connectivity index (χ2v) is 5.70. The minimum Gasteiger partial charge on any atom is -0.316 e. The average Bonchev–Trinajstić information content (AvgIpc) is 2.51. The van der Waals surface area contributed by atoms with Crippen molar-refractivity contribution in [1.29, 1.82) is 0 Å². The third-order valence-electron chi connectivity index (χ3n) is 4.08. The Kier molecular flexibility index (Phi) is 4.04. The van der Waals surface area contributed by atoms with Gasteiger partial charge in [-0.1, -0.05) is 48.0 Å². The molecule has 0 spiro atoms. The van der Waals surface area contributed by atoms with Crippen molar-refractivity contribution in [2.24, 2.45) is 0 Å². The third kappa shape index (κ3) is 2.72. The zero-order valence-electron chi connectivity index (χ0n) is 11.2. The lowest BCUT2D eigenvalue weighted by atomic mass is 9.77. The number of benzene rings is 2. The van der Waals surface area contributed by atoms with Gasteiger partial charge in [0.15, 0.2) is 0 Å². The van der Waals surface area contributed by atoms with E-state index in [1.54, 1.807) is 6.07 Å². The molecular formula is C17H17ClFN. The molecule has 1 N–H and O–H groups in total. The lowest BCUT2D eigenvalue weighted by molar-refractivity contribution is 0.404. The van der Waals surface area contributed by atoms with E-state index in [1.807, 2.05) is 12.1 Å². The molecule has 1 fully saturated rings. The first-order valence-corrected chi connectivity index (χ1v) is 7.34. The maximum absolute atomic E-state index is 13.3. The predicted octanol–water partition coefficient (Wildman–Crippen LogP) is 4.34. The highest BCUT2D eigenvalue weighted by Gasteiger charge is 2.27. The van der Waals surface area contributed by atoms with Gasteiger partial charge in [0.1, 0.15) is 5.82 Å². The van der Waals surface area contributed by atoms with E-state index in [9.17, 15) is 4.39 Å². The van der Waals surface area contributed by atoms with Crippen LogP contribution in [-0.2, 0) is 0 Å². The summed E-state index contributed by atoms with van der Waals surface area (Å²) in [6, 6.07) is 15.6. The standard InChI is InChI=1S/C17H17ClFN/c18-16-10-13(6-7-17(16)19)14-8-9-20-11-15(14)12-4-2-1-3-5-12/h1-7,10,14-15,20H,8-9,11H2. The first-order valence-electron chi connectivity index (χ1n) is 6.96. The molecule has 1 aliphatic rings. The van der Waals surface area contributed by atoms with Crippen LogP contribution in [0.5, 0.6) is 0 Å². The van der Waals surface area contributed by atoms with Gasteiger partial charge in [0.05, 0.1) is 5.02 Å². The molecule has 2 atom stereocenters. The van der Waals surface area contributed by atoms with Crippen molar-refractivity contribution in [2.45, 2.75) is 18.3 Å². The normalized spacial score (nSPS) is 22.7. The molecule has 0 radical (unpaired) electrons. The van der Waals surface area contributed by atoms with Gasteiger partial charge in [0, 0.05) is 12.5 Å². The van der Waals surface area contributed by atoms with Crippen LogP contribution in [0.1, 0.15) is 29.4 Å². The van der Waals surface area contributed by atoms with Gasteiger partial charge in [-0.3, -0.25) is 0 Å². The number of hydrogen-bond acceptors (Lipinski definition) is 1. The van der Waals surface area contributed by atoms with Crippen LogP contribution in [0, 0.1) is 5.82 Å². The van der Waals surface area contributed by atoms with E-state index < -0.39 is 0 Å². The minimum absolute atomic E-state index is 0.216. The molecule has 1 aliphatic heterocycles. The summed E-state index contributed by atoms with van der Waals surface area (Å²) in [6.07, 6.45) is 1.04. The molecule has 2 aromatic rings. The minimum atomic E-state index is -0.347. The fraction of sp³-hybridized carbons (Fsp3) is 0.294. The van der Waals surface area contributed by atoms with E-state index in [0.29, 0.717) is 11.8 Å². The number of piperidine rings is 1. The number of hydrogen-bond donors (Lipinski definition) is 1. The molecule has 20 heavy (non-hydrogen) atoms. The molecule has 0 bridgehead atoms. The largest absolute Gasteiger partial charge is 0.316 e. The SMILES string of the molecule is Fc1ccc(C2CCNCC2c2ccccc2)cc1Cl. The Labute approximate surface area is 123 Å². The molecular weight excluding hydrogens is 273 g/mol. The van der Waals surface area contributed by atoms with Gasteiger partial charge in [-0.15, -0.1) is 0 Å². The number of rotatable bonds is 2. The molecule has 104 valence electrons. The van der Waals surface area contributed by atoms with Crippen LogP contribution in [0.3, 0.4) is 0 Å². The highest BCUT2D eigenvalue weighted by atomic mass is 35.5. The van der Waals surface area contributed by atoms with Crippen LogP contribution in [0.25, 0.3) is 0 Å². The summed E-state index contributed by atoms with van der Waals surface area (Å²) in [5.74, 6) is 0.448. The van der Waals surface area contributed by atoms with Gasteiger partial charge < -0.3 is 5.32 Å². The zero-order valence-corrected chi connectivity index (χ0v) is 11.9. The molecule has 1 saturated heterocycles. The second kappa shape index (κ2) is 5.94. The summed E-state index contributed by atoms with van der Waals surface area (Å²) >= 11 is 5.94. The van der Waals surface area contributed by atoms with Gasteiger partial charge in [-0.25, -0.2) is 4.39 Å². The molecule has 0 amide bonds. The maximum atomic E-state index is 13.3.